The van der Waals surface area contributed by atoms with Crippen LogP contribution in [0.4, 0.5) is 0 Å². The number of nitrogens with one attached hydrogen (secondary N) is 1. The highest BCUT2D eigenvalue weighted by Crippen LogP contribution is 2.37. The molecule has 4 rings (SSSR count). The van der Waals surface area contributed by atoms with Crippen LogP contribution in [0.5, 0.6) is 0 Å². The molecule has 6 heteroatoms. The number of hydrogen-bond donors (Lipinski definition) is 1. The van der Waals surface area contributed by atoms with Crippen molar-refractivity contribution in [2.24, 2.45) is 0 Å². The summed E-state index contributed by atoms with van der Waals surface area (Å²) in [6.07, 6.45) is 4.33. The zero-order valence-corrected chi connectivity index (χ0v) is 14.2. The summed E-state index contributed by atoms with van der Waals surface area (Å²) in [5.74, 6) is 0.949. The fourth-order valence-electron chi connectivity index (χ4n) is 3.59. The van der Waals surface area contributed by atoms with Gasteiger partial charge in [0, 0.05) is 23.7 Å². The highest BCUT2D eigenvalue weighted by Gasteiger charge is 2.31. The average molecular weight is 328 g/mol. The van der Waals surface area contributed by atoms with Crippen molar-refractivity contribution in [3.05, 3.63) is 46.3 Å². The third-order valence-electron chi connectivity index (χ3n) is 4.64. The van der Waals surface area contributed by atoms with Crippen molar-refractivity contribution in [2.75, 3.05) is 6.54 Å². The molecule has 0 aromatic carbocycles. The van der Waals surface area contributed by atoms with Gasteiger partial charge in [-0.2, -0.15) is 5.10 Å². The molecule has 3 aromatic heterocycles. The maximum Gasteiger partial charge on any atom is 0.138 e. The maximum absolute atomic E-state index is 5.38. The second-order valence-corrected chi connectivity index (χ2v) is 7.06. The van der Waals surface area contributed by atoms with Gasteiger partial charge < -0.3 is 4.52 Å². The van der Waals surface area contributed by atoms with Crippen LogP contribution in [0.2, 0.25) is 0 Å². The summed E-state index contributed by atoms with van der Waals surface area (Å²) in [4.78, 5) is 3.76. The lowest BCUT2D eigenvalue weighted by Crippen LogP contribution is -2.23. The Labute approximate surface area is 139 Å². The third kappa shape index (κ3) is 2.62. The summed E-state index contributed by atoms with van der Waals surface area (Å²) in [5, 5.41) is 13.7. The van der Waals surface area contributed by atoms with E-state index in [0.717, 1.165) is 36.7 Å². The van der Waals surface area contributed by atoms with Crippen LogP contribution in [0.25, 0.3) is 10.6 Å². The lowest BCUT2D eigenvalue weighted by molar-refractivity contribution is 0.246. The number of H-pyrrole nitrogens is 1. The molecule has 0 spiro atoms. The predicted octanol–water partition coefficient (Wildman–Crippen LogP) is 4.08. The maximum atomic E-state index is 5.38. The van der Waals surface area contributed by atoms with Crippen molar-refractivity contribution < 1.29 is 4.52 Å². The van der Waals surface area contributed by atoms with Crippen molar-refractivity contribution in [3.8, 4) is 10.6 Å². The first-order valence-electron chi connectivity index (χ1n) is 7.97. The van der Waals surface area contributed by atoms with Gasteiger partial charge >= 0.3 is 0 Å². The van der Waals surface area contributed by atoms with Crippen LogP contribution in [0.15, 0.2) is 28.2 Å². The van der Waals surface area contributed by atoms with E-state index in [-0.39, 0.29) is 0 Å². The van der Waals surface area contributed by atoms with Crippen molar-refractivity contribution in [1.29, 1.82) is 0 Å². The Morgan fingerprint density at radius 3 is 3.09 bits per heavy atom. The molecule has 1 aliphatic rings. The Morgan fingerprint density at radius 1 is 1.43 bits per heavy atom. The Kier molecular flexibility index (Phi) is 3.79. The molecule has 120 valence electrons. The zero-order chi connectivity index (χ0) is 15.8. The van der Waals surface area contributed by atoms with Crippen molar-refractivity contribution in [2.45, 2.75) is 39.3 Å². The molecule has 5 nitrogen and oxygen atoms in total. The van der Waals surface area contributed by atoms with E-state index < -0.39 is 0 Å². The van der Waals surface area contributed by atoms with Crippen LogP contribution in [0, 0.1) is 13.8 Å². The number of likely N-dealkylation sites (tertiary alicyclic amines) is 1. The van der Waals surface area contributed by atoms with Crippen molar-refractivity contribution in [3.63, 3.8) is 0 Å². The minimum atomic E-state index is 0.396. The zero-order valence-electron chi connectivity index (χ0n) is 13.4. The smallest absolute Gasteiger partial charge is 0.138 e. The number of aromatic amines is 1. The van der Waals surface area contributed by atoms with Gasteiger partial charge in [0.2, 0.25) is 0 Å². The van der Waals surface area contributed by atoms with Gasteiger partial charge in [-0.1, -0.05) is 11.2 Å². The minimum absolute atomic E-state index is 0.396. The quantitative estimate of drug-likeness (QED) is 0.784. The van der Waals surface area contributed by atoms with Crippen molar-refractivity contribution >= 4 is 11.3 Å². The molecule has 1 N–H and O–H groups in total. The van der Waals surface area contributed by atoms with Gasteiger partial charge in [-0.05, 0) is 44.7 Å². The lowest BCUT2D eigenvalue weighted by Gasteiger charge is -2.24. The Hall–Kier alpha value is -1.92. The van der Waals surface area contributed by atoms with Gasteiger partial charge in [-0.3, -0.25) is 10.00 Å². The molecule has 23 heavy (non-hydrogen) atoms. The van der Waals surface area contributed by atoms with Crippen LogP contribution in [-0.2, 0) is 6.54 Å². The molecular formula is C17H20N4OS. The monoisotopic (exact) mass is 328 g/mol. The molecule has 1 atom stereocenters. The van der Waals surface area contributed by atoms with Crippen LogP contribution >= 0.6 is 11.3 Å². The van der Waals surface area contributed by atoms with Gasteiger partial charge in [0.05, 0.1) is 22.5 Å². The normalized spacial score (nSPS) is 18.8. The fraction of sp³-hybridized carbons (Fsp3) is 0.412. The highest BCUT2D eigenvalue weighted by atomic mass is 32.1. The summed E-state index contributed by atoms with van der Waals surface area (Å²) in [6.45, 7) is 6.06. The fourth-order valence-corrected chi connectivity index (χ4v) is 4.35. The molecule has 0 unspecified atom stereocenters. The van der Waals surface area contributed by atoms with Gasteiger partial charge in [-0.25, -0.2) is 0 Å². The summed E-state index contributed by atoms with van der Waals surface area (Å²) in [7, 11) is 0. The molecule has 0 amide bonds. The van der Waals surface area contributed by atoms with E-state index in [2.05, 4.69) is 37.8 Å². The molecule has 3 aromatic rings. The Bertz CT molecular complexity index is 770. The molecule has 1 fully saturated rings. The van der Waals surface area contributed by atoms with E-state index in [1.807, 2.05) is 20.0 Å². The number of aromatic nitrogens is 3. The first kappa shape index (κ1) is 14.7. The largest absolute Gasteiger partial charge is 0.361 e. The van der Waals surface area contributed by atoms with E-state index in [0.29, 0.717) is 6.04 Å². The van der Waals surface area contributed by atoms with Crippen LogP contribution in [0.1, 0.15) is 41.5 Å². The van der Waals surface area contributed by atoms with Gasteiger partial charge in [0.15, 0.2) is 0 Å². The SMILES string of the molecule is Cc1noc(C)c1[C@H]1CCCN1Cc1cn[nH]c1-c1cccs1. The second-order valence-electron chi connectivity index (χ2n) is 6.11. The average Bonchev–Trinajstić information content (AvgIpc) is 3.29. The van der Waals surface area contributed by atoms with Gasteiger partial charge in [0.1, 0.15) is 5.76 Å². The minimum Gasteiger partial charge on any atom is -0.361 e. The number of rotatable bonds is 4. The summed E-state index contributed by atoms with van der Waals surface area (Å²) in [5.41, 5.74) is 4.68. The van der Waals surface area contributed by atoms with E-state index in [1.165, 1.54) is 22.4 Å². The molecule has 4 heterocycles. The molecular weight excluding hydrogens is 308 g/mol. The van der Waals surface area contributed by atoms with E-state index in [1.54, 1.807) is 11.3 Å². The van der Waals surface area contributed by atoms with Crippen LogP contribution in [-0.4, -0.2) is 26.8 Å². The standard InChI is InChI=1S/C17H20N4OS/c1-11-16(12(2)22-20-11)14-5-3-7-21(14)10-13-9-18-19-17(13)15-6-4-8-23-15/h4,6,8-9,14H,3,5,7,10H2,1-2H3,(H,18,19)/t14-/m1/s1. The first-order chi connectivity index (χ1) is 11.2. The number of aryl methyl sites for hydroxylation is 2. The number of thiophene rings is 1. The molecule has 1 aliphatic heterocycles. The van der Waals surface area contributed by atoms with E-state index in [9.17, 15) is 0 Å². The number of hydrogen-bond acceptors (Lipinski definition) is 5. The summed E-state index contributed by atoms with van der Waals surface area (Å²) in [6, 6.07) is 4.61. The predicted molar refractivity (Wildman–Crippen MR) is 90.3 cm³/mol. The molecule has 1 saturated heterocycles. The second kappa shape index (κ2) is 5.94. The summed E-state index contributed by atoms with van der Waals surface area (Å²) < 4.78 is 5.38. The highest BCUT2D eigenvalue weighted by molar-refractivity contribution is 7.13. The van der Waals surface area contributed by atoms with E-state index >= 15 is 0 Å². The topological polar surface area (TPSA) is 58.0 Å². The molecule has 0 radical (unpaired) electrons. The first-order valence-corrected chi connectivity index (χ1v) is 8.85. The number of nitrogens with zero attached hydrogens (tertiary/aromatic N) is 3. The Balaban J connectivity index is 1.61. The van der Waals surface area contributed by atoms with Crippen LogP contribution < -0.4 is 0 Å². The van der Waals surface area contributed by atoms with Crippen LogP contribution in [0.3, 0.4) is 0 Å². The van der Waals surface area contributed by atoms with E-state index in [4.69, 9.17) is 4.52 Å². The lowest BCUT2D eigenvalue weighted by atomic mass is 10.0. The summed E-state index contributed by atoms with van der Waals surface area (Å²) >= 11 is 1.74. The third-order valence-corrected chi connectivity index (χ3v) is 5.53. The van der Waals surface area contributed by atoms with Crippen molar-refractivity contribution in [1.82, 2.24) is 20.3 Å². The molecule has 0 bridgehead atoms. The van der Waals surface area contributed by atoms with Gasteiger partial charge in [0.25, 0.3) is 0 Å². The van der Waals surface area contributed by atoms with Gasteiger partial charge in [-0.15, -0.1) is 11.3 Å². The molecule has 0 saturated carbocycles. The molecule has 0 aliphatic carbocycles. The Morgan fingerprint density at radius 2 is 2.35 bits per heavy atom.